The Morgan fingerprint density at radius 3 is 2.37 bits per heavy atom. The lowest BCUT2D eigenvalue weighted by Gasteiger charge is -2.13. The molecule has 1 aromatic heterocycles. The Labute approximate surface area is 161 Å². The molecule has 2 aromatic rings. The standard InChI is InChI=1S/C21H31N3O3/c1-13(2)12-24-16(5)17(15(4)23-24)8-9-21(25)22-18-11-20(27-7)19(26-6)10-14(18)3/h10-11,13H,8-9,12H2,1-7H3,(H,22,25). The summed E-state index contributed by atoms with van der Waals surface area (Å²) in [6.07, 6.45) is 1.08. The van der Waals surface area contributed by atoms with Crippen LogP contribution >= 0.6 is 0 Å². The van der Waals surface area contributed by atoms with Gasteiger partial charge in [0.2, 0.25) is 5.91 Å². The van der Waals surface area contributed by atoms with Crippen molar-refractivity contribution in [2.75, 3.05) is 19.5 Å². The number of carbonyl (C=O) groups excluding carboxylic acids is 1. The molecular weight excluding hydrogens is 342 g/mol. The van der Waals surface area contributed by atoms with Gasteiger partial charge in [-0.05, 0) is 50.3 Å². The number of carbonyl (C=O) groups is 1. The average Bonchev–Trinajstić information content (AvgIpc) is 2.87. The molecule has 0 fully saturated rings. The number of rotatable bonds is 8. The number of aromatic nitrogens is 2. The fraction of sp³-hybridized carbons (Fsp3) is 0.524. The smallest absolute Gasteiger partial charge is 0.224 e. The van der Waals surface area contributed by atoms with E-state index in [1.54, 1.807) is 20.3 Å². The number of hydrogen-bond acceptors (Lipinski definition) is 4. The van der Waals surface area contributed by atoms with Gasteiger partial charge in [0.25, 0.3) is 0 Å². The van der Waals surface area contributed by atoms with Crippen LogP contribution in [0.1, 0.15) is 42.8 Å². The van der Waals surface area contributed by atoms with E-state index in [2.05, 4.69) is 31.2 Å². The first-order valence-electron chi connectivity index (χ1n) is 9.32. The molecule has 0 spiro atoms. The molecule has 0 unspecified atom stereocenters. The van der Waals surface area contributed by atoms with Gasteiger partial charge >= 0.3 is 0 Å². The SMILES string of the molecule is COc1cc(C)c(NC(=O)CCc2c(C)nn(CC(C)C)c2C)cc1OC. The molecule has 0 atom stereocenters. The van der Waals surface area contributed by atoms with Crippen LogP contribution in [-0.2, 0) is 17.8 Å². The summed E-state index contributed by atoms with van der Waals surface area (Å²) in [7, 11) is 3.18. The largest absolute Gasteiger partial charge is 0.493 e. The number of aryl methyl sites for hydroxylation is 2. The molecule has 0 bridgehead atoms. The molecule has 0 radical (unpaired) electrons. The first-order chi connectivity index (χ1) is 12.8. The summed E-state index contributed by atoms with van der Waals surface area (Å²) >= 11 is 0. The van der Waals surface area contributed by atoms with E-state index < -0.39 is 0 Å². The van der Waals surface area contributed by atoms with Crippen LogP contribution in [0.15, 0.2) is 12.1 Å². The van der Waals surface area contributed by atoms with Gasteiger partial charge in [0.1, 0.15) is 0 Å². The number of ether oxygens (including phenoxy) is 2. The van der Waals surface area contributed by atoms with E-state index in [1.165, 1.54) is 0 Å². The zero-order chi connectivity index (χ0) is 20.1. The van der Waals surface area contributed by atoms with Crippen LogP contribution < -0.4 is 14.8 Å². The highest BCUT2D eigenvalue weighted by Gasteiger charge is 2.15. The maximum Gasteiger partial charge on any atom is 0.224 e. The third kappa shape index (κ3) is 5.02. The van der Waals surface area contributed by atoms with Crippen LogP contribution in [0.25, 0.3) is 0 Å². The number of nitrogens with zero attached hydrogens (tertiary/aromatic N) is 2. The Bertz CT molecular complexity index is 809. The predicted octanol–water partition coefficient (Wildman–Crippen LogP) is 4.05. The summed E-state index contributed by atoms with van der Waals surface area (Å²) in [5.41, 5.74) is 4.98. The van der Waals surface area contributed by atoms with E-state index in [1.807, 2.05) is 24.6 Å². The van der Waals surface area contributed by atoms with Gasteiger partial charge in [0.15, 0.2) is 11.5 Å². The molecule has 1 N–H and O–H groups in total. The van der Waals surface area contributed by atoms with Gasteiger partial charge < -0.3 is 14.8 Å². The summed E-state index contributed by atoms with van der Waals surface area (Å²) in [6.45, 7) is 11.3. The van der Waals surface area contributed by atoms with E-state index in [0.717, 1.165) is 34.7 Å². The lowest BCUT2D eigenvalue weighted by atomic mass is 10.1. The molecule has 0 saturated heterocycles. The van der Waals surface area contributed by atoms with Crippen molar-refractivity contribution in [2.45, 2.75) is 54.0 Å². The van der Waals surface area contributed by atoms with E-state index in [0.29, 0.717) is 30.3 Å². The van der Waals surface area contributed by atoms with Crippen LogP contribution in [0.5, 0.6) is 11.5 Å². The van der Waals surface area contributed by atoms with Crippen LogP contribution in [0.4, 0.5) is 5.69 Å². The van der Waals surface area contributed by atoms with Gasteiger partial charge in [-0.15, -0.1) is 0 Å². The first-order valence-corrected chi connectivity index (χ1v) is 9.32. The molecule has 2 rings (SSSR count). The minimum Gasteiger partial charge on any atom is -0.493 e. The number of nitrogens with one attached hydrogen (secondary N) is 1. The van der Waals surface area contributed by atoms with Crippen molar-refractivity contribution in [1.82, 2.24) is 9.78 Å². The third-order valence-corrected chi connectivity index (χ3v) is 4.68. The number of benzene rings is 1. The molecular formula is C21H31N3O3. The molecule has 1 amide bonds. The normalized spacial score (nSPS) is 11.0. The minimum absolute atomic E-state index is 0.0271. The highest BCUT2D eigenvalue weighted by Crippen LogP contribution is 2.33. The maximum absolute atomic E-state index is 12.5. The number of anilines is 1. The zero-order valence-electron chi connectivity index (χ0n) is 17.5. The average molecular weight is 373 g/mol. The Morgan fingerprint density at radius 2 is 1.78 bits per heavy atom. The van der Waals surface area contributed by atoms with Crippen LogP contribution in [0.2, 0.25) is 0 Å². The van der Waals surface area contributed by atoms with Gasteiger partial charge in [-0.3, -0.25) is 9.48 Å². The molecule has 0 saturated carbocycles. The van der Waals surface area contributed by atoms with E-state index >= 15 is 0 Å². The Balaban J connectivity index is 2.06. The number of methoxy groups -OCH3 is 2. The second kappa shape index (κ2) is 8.93. The molecule has 1 heterocycles. The molecule has 6 heteroatoms. The lowest BCUT2D eigenvalue weighted by molar-refractivity contribution is -0.116. The van der Waals surface area contributed by atoms with Gasteiger partial charge in [-0.2, -0.15) is 5.10 Å². The summed E-state index contributed by atoms with van der Waals surface area (Å²) < 4.78 is 12.7. The predicted molar refractivity (Wildman–Crippen MR) is 108 cm³/mol. The zero-order valence-corrected chi connectivity index (χ0v) is 17.5. The highest BCUT2D eigenvalue weighted by atomic mass is 16.5. The molecule has 148 valence electrons. The van der Waals surface area contributed by atoms with Crippen LogP contribution in [0, 0.1) is 26.7 Å². The van der Waals surface area contributed by atoms with Crippen molar-refractivity contribution in [3.8, 4) is 11.5 Å². The fourth-order valence-electron chi connectivity index (χ4n) is 3.19. The number of hydrogen-bond donors (Lipinski definition) is 1. The fourth-order valence-corrected chi connectivity index (χ4v) is 3.19. The van der Waals surface area contributed by atoms with Gasteiger partial charge in [0.05, 0.1) is 19.9 Å². The van der Waals surface area contributed by atoms with Crippen molar-refractivity contribution < 1.29 is 14.3 Å². The Kier molecular flexibility index (Phi) is 6.88. The van der Waals surface area contributed by atoms with Crippen molar-refractivity contribution >= 4 is 11.6 Å². The third-order valence-electron chi connectivity index (χ3n) is 4.68. The van der Waals surface area contributed by atoms with Crippen molar-refractivity contribution in [1.29, 1.82) is 0 Å². The van der Waals surface area contributed by atoms with Gasteiger partial charge in [0, 0.05) is 30.4 Å². The van der Waals surface area contributed by atoms with Crippen LogP contribution in [0.3, 0.4) is 0 Å². The molecule has 27 heavy (non-hydrogen) atoms. The van der Waals surface area contributed by atoms with E-state index in [-0.39, 0.29) is 5.91 Å². The second-order valence-electron chi connectivity index (χ2n) is 7.30. The molecule has 1 aromatic carbocycles. The quantitative estimate of drug-likeness (QED) is 0.758. The molecule has 6 nitrogen and oxygen atoms in total. The summed E-state index contributed by atoms with van der Waals surface area (Å²) in [5.74, 6) is 1.75. The first kappa shape index (κ1) is 20.8. The van der Waals surface area contributed by atoms with Crippen molar-refractivity contribution in [2.24, 2.45) is 5.92 Å². The molecule has 0 aliphatic heterocycles. The van der Waals surface area contributed by atoms with E-state index in [9.17, 15) is 4.79 Å². The van der Waals surface area contributed by atoms with Crippen molar-refractivity contribution in [3.05, 3.63) is 34.6 Å². The topological polar surface area (TPSA) is 65.4 Å². The Hall–Kier alpha value is -2.50. The Morgan fingerprint density at radius 1 is 1.15 bits per heavy atom. The van der Waals surface area contributed by atoms with Crippen LogP contribution in [-0.4, -0.2) is 29.9 Å². The molecule has 0 aliphatic rings. The van der Waals surface area contributed by atoms with Gasteiger partial charge in [-0.1, -0.05) is 13.8 Å². The minimum atomic E-state index is -0.0271. The summed E-state index contributed by atoms with van der Waals surface area (Å²) in [6, 6.07) is 3.65. The summed E-state index contributed by atoms with van der Waals surface area (Å²) in [5, 5.41) is 7.61. The van der Waals surface area contributed by atoms with E-state index in [4.69, 9.17) is 9.47 Å². The second-order valence-corrected chi connectivity index (χ2v) is 7.30. The monoisotopic (exact) mass is 373 g/mol. The van der Waals surface area contributed by atoms with Crippen molar-refractivity contribution in [3.63, 3.8) is 0 Å². The maximum atomic E-state index is 12.5. The lowest BCUT2D eigenvalue weighted by Crippen LogP contribution is -2.14. The summed E-state index contributed by atoms with van der Waals surface area (Å²) in [4.78, 5) is 12.5. The highest BCUT2D eigenvalue weighted by molar-refractivity contribution is 5.92. The number of amides is 1. The van der Waals surface area contributed by atoms with Gasteiger partial charge in [-0.25, -0.2) is 0 Å². The molecule has 0 aliphatic carbocycles.